The Labute approximate surface area is 131 Å². The number of benzene rings is 2. The number of hydrogen-bond donors (Lipinski definition) is 2. The molecule has 0 bridgehead atoms. The molecular weight excluding hydrogens is 272 g/mol. The lowest BCUT2D eigenvalue weighted by Crippen LogP contribution is -2.34. The lowest BCUT2D eigenvalue weighted by Gasteiger charge is -2.16. The van der Waals surface area contributed by atoms with Gasteiger partial charge >= 0.3 is 0 Å². The standard InChI is InChI=1S/C19H22N2O/c1-21-18(12-16-9-5-6-10-19(16)21)13-20-17(14-22)11-15-7-3-2-4-8-15/h2-10,12,17,20,22H,11,13-14H2,1H3/t17-/m0/s1. The van der Waals surface area contributed by atoms with Crippen molar-refractivity contribution in [2.75, 3.05) is 6.61 Å². The van der Waals surface area contributed by atoms with E-state index in [4.69, 9.17) is 0 Å². The summed E-state index contributed by atoms with van der Waals surface area (Å²) >= 11 is 0. The highest BCUT2D eigenvalue weighted by Crippen LogP contribution is 2.18. The molecule has 3 rings (SSSR count). The Morgan fingerprint density at radius 3 is 2.50 bits per heavy atom. The molecule has 3 heteroatoms. The van der Waals surface area contributed by atoms with E-state index in [-0.39, 0.29) is 12.6 Å². The second-order valence-corrected chi connectivity index (χ2v) is 5.70. The first-order valence-corrected chi connectivity index (χ1v) is 7.69. The fraction of sp³-hybridized carbons (Fsp3) is 0.263. The molecule has 0 unspecified atom stereocenters. The lowest BCUT2D eigenvalue weighted by molar-refractivity contribution is 0.240. The first-order chi connectivity index (χ1) is 10.8. The van der Waals surface area contributed by atoms with Crippen molar-refractivity contribution in [3.8, 4) is 0 Å². The summed E-state index contributed by atoms with van der Waals surface area (Å²) in [4.78, 5) is 0. The molecule has 0 aliphatic rings. The van der Waals surface area contributed by atoms with Gasteiger partial charge in [-0.1, -0.05) is 48.5 Å². The van der Waals surface area contributed by atoms with Crippen molar-refractivity contribution in [3.05, 3.63) is 71.9 Å². The van der Waals surface area contributed by atoms with Crippen LogP contribution in [0.1, 0.15) is 11.3 Å². The van der Waals surface area contributed by atoms with Crippen LogP contribution in [-0.2, 0) is 20.0 Å². The van der Waals surface area contributed by atoms with Crippen LogP contribution >= 0.6 is 0 Å². The Morgan fingerprint density at radius 1 is 1.05 bits per heavy atom. The van der Waals surface area contributed by atoms with Crippen molar-refractivity contribution in [1.29, 1.82) is 0 Å². The second-order valence-electron chi connectivity index (χ2n) is 5.70. The van der Waals surface area contributed by atoms with E-state index in [1.807, 2.05) is 18.2 Å². The summed E-state index contributed by atoms with van der Waals surface area (Å²) in [6.45, 7) is 0.891. The number of fused-ring (bicyclic) bond motifs is 1. The number of aliphatic hydroxyl groups is 1. The molecule has 1 atom stereocenters. The zero-order chi connectivity index (χ0) is 15.4. The van der Waals surface area contributed by atoms with Gasteiger partial charge in [0, 0.05) is 30.8 Å². The van der Waals surface area contributed by atoms with Crippen LogP contribution in [0.25, 0.3) is 10.9 Å². The maximum absolute atomic E-state index is 9.61. The molecule has 0 saturated carbocycles. The highest BCUT2D eigenvalue weighted by molar-refractivity contribution is 5.81. The van der Waals surface area contributed by atoms with Crippen LogP contribution in [0, 0.1) is 0 Å². The van der Waals surface area contributed by atoms with E-state index < -0.39 is 0 Å². The van der Waals surface area contributed by atoms with E-state index in [0.29, 0.717) is 0 Å². The summed E-state index contributed by atoms with van der Waals surface area (Å²) in [5.41, 5.74) is 3.71. The Balaban J connectivity index is 1.68. The summed E-state index contributed by atoms with van der Waals surface area (Å²) in [5, 5.41) is 14.3. The van der Waals surface area contributed by atoms with Crippen LogP contribution in [0.5, 0.6) is 0 Å². The van der Waals surface area contributed by atoms with E-state index in [1.54, 1.807) is 0 Å². The average molecular weight is 294 g/mol. The van der Waals surface area contributed by atoms with Gasteiger partial charge in [0.05, 0.1) is 6.61 Å². The number of rotatable bonds is 6. The van der Waals surface area contributed by atoms with E-state index in [2.05, 4.69) is 59.4 Å². The van der Waals surface area contributed by atoms with Gasteiger partial charge in [-0.25, -0.2) is 0 Å². The third-order valence-electron chi connectivity index (χ3n) is 4.17. The number of para-hydroxylation sites is 1. The molecule has 2 aromatic carbocycles. The van der Waals surface area contributed by atoms with Gasteiger partial charge in [0.1, 0.15) is 0 Å². The summed E-state index contributed by atoms with van der Waals surface area (Å²) < 4.78 is 2.21. The molecule has 22 heavy (non-hydrogen) atoms. The fourth-order valence-electron chi connectivity index (χ4n) is 2.86. The maximum Gasteiger partial charge on any atom is 0.0588 e. The van der Waals surface area contributed by atoms with Crippen molar-refractivity contribution in [2.24, 2.45) is 7.05 Å². The number of nitrogens with one attached hydrogen (secondary N) is 1. The van der Waals surface area contributed by atoms with Gasteiger partial charge in [-0.3, -0.25) is 0 Å². The van der Waals surface area contributed by atoms with Gasteiger partial charge in [0.25, 0.3) is 0 Å². The van der Waals surface area contributed by atoms with Crippen molar-refractivity contribution >= 4 is 10.9 Å². The Morgan fingerprint density at radius 2 is 1.77 bits per heavy atom. The largest absolute Gasteiger partial charge is 0.395 e. The molecular formula is C19H22N2O. The first kappa shape index (κ1) is 14.8. The molecule has 0 spiro atoms. The fourth-order valence-corrected chi connectivity index (χ4v) is 2.86. The summed E-state index contributed by atoms with van der Waals surface area (Å²) in [7, 11) is 2.09. The molecule has 1 heterocycles. The zero-order valence-corrected chi connectivity index (χ0v) is 12.9. The van der Waals surface area contributed by atoms with Crippen molar-refractivity contribution in [3.63, 3.8) is 0 Å². The monoisotopic (exact) mass is 294 g/mol. The number of aliphatic hydroxyl groups excluding tert-OH is 1. The molecule has 0 radical (unpaired) electrons. The third-order valence-corrected chi connectivity index (χ3v) is 4.17. The van der Waals surface area contributed by atoms with Crippen LogP contribution in [-0.4, -0.2) is 22.3 Å². The summed E-state index contributed by atoms with van der Waals surface area (Å²) in [5.74, 6) is 0. The molecule has 0 fully saturated rings. The minimum absolute atomic E-state index is 0.0698. The predicted octanol–water partition coefficient (Wildman–Crippen LogP) is 2.87. The quantitative estimate of drug-likeness (QED) is 0.733. The SMILES string of the molecule is Cn1c(CN[C@H](CO)Cc2ccccc2)cc2ccccc21. The molecule has 3 aromatic rings. The van der Waals surface area contributed by atoms with Crippen LogP contribution in [0.3, 0.4) is 0 Å². The molecule has 0 amide bonds. The maximum atomic E-state index is 9.61. The molecule has 0 saturated heterocycles. The predicted molar refractivity (Wildman–Crippen MR) is 90.8 cm³/mol. The second kappa shape index (κ2) is 6.77. The normalized spacial score (nSPS) is 12.6. The van der Waals surface area contributed by atoms with E-state index >= 15 is 0 Å². The Hall–Kier alpha value is -2.10. The Bertz CT molecular complexity index is 734. The Kier molecular flexibility index (Phi) is 4.56. The summed E-state index contributed by atoms with van der Waals surface area (Å²) in [6, 6.07) is 20.9. The third kappa shape index (κ3) is 3.21. The molecule has 1 aromatic heterocycles. The molecule has 2 N–H and O–H groups in total. The van der Waals surface area contributed by atoms with Gasteiger partial charge in [-0.2, -0.15) is 0 Å². The van der Waals surface area contributed by atoms with E-state index in [9.17, 15) is 5.11 Å². The molecule has 0 aliphatic heterocycles. The van der Waals surface area contributed by atoms with Crippen molar-refractivity contribution in [1.82, 2.24) is 9.88 Å². The average Bonchev–Trinajstić information content (AvgIpc) is 2.89. The van der Waals surface area contributed by atoms with E-state index in [1.165, 1.54) is 22.2 Å². The van der Waals surface area contributed by atoms with Crippen molar-refractivity contribution < 1.29 is 5.11 Å². The number of nitrogens with zero attached hydrogens (tertiary/aromatic N) is 1. The lowest BCUT2D eigenvalue weighted by atomic mass is 10.1. The highest BCUT2D eigenvalue weighted by Gasteiger charge is 2.10. The minimum Gasteiger partial charge on any atom is -0.395 e. The zero-order valence-electron chi connectivity index (χ0n) is 12.9. The topological polar surface area (TPSA) is 37.2 Å². The number of aromatic nitrogens is 1. The van der Waals surface area contributed by atoms with Crippen LogP contribution in [0.15, 0.2) is 60.7 Å². The first-order valence-electron chi connectivity index (χ1n) is 7.69. The number of hydrogen-bond acceptors (Lipinski definition) is 2. The minimum atomic E-state index is 0.0698. The van der Waals surface area contributed by atoms with Gasteiger partial charge in [-0.05, 0) is 29.5 Å². The number of aryl methyl sites for hydroxylation is 1. The smallest absolute Gasteiger partial charge is 0.0588 e. The molecule has 114 valence electrons. The van der Waals surface area contributed by atoms with Crippen LogP contribution < -0.4 is 5.32 Å². The highest BCUT2D eigenvalue weighted by atomic mass is 16.3. The molecule has 3 nitrogen and oxygen atoms in total. The van der Waals surface area contributed by atoms with Crippen molar-refractivity contribution in [2.45, 2.75) is 19.0 Å². The van der Waals surface area contributed by atoms with Crippen LogP contribution in [0.4, 0.5) is 0 Å². The van der Waals surface area contributed by atoms with Gasteiger partial charge < -0.3 is 15.0 Å². The van der Waals surface area contributed by atoms with Gasteiger partial charge in [0.2, 0.25) is 0 Å². The summed E-state index contributed by atoms with van der Waals surface area (Å²) in [6.07, 6.45) is 0.835. The van der Waals surface area contributed by atoms with Gasteiger partial charge in [0.15, 0.2) is 0 Å². The molecule has 0 aliphatic carbocycles. The van der Waals surface area contributed by atoms with Crippen LogP contribution in [0.2, 0.25) is 0 Å². The van der Waals surface area contributed by atoms with E-state index in [0.717, 1.165) is 13.0 Å². The van der Waals surface area contributed by atoms with Gasteiger partial charge in [-0.15, -0.1) is 0 Å².